The number of carbonyl (C=O) groups excluding carboxylic acids is 2. The summed E-state index contributed by atoms with van der Waals surface area (Å²) in [5.74, 6) is 0.719. The summed E-state index contributed by atoms with van der Waals surface area (Å²) in [6.45, 7) is 0. The minimum atomic E-state index is -0.425. The Morgan fingerprint density at radius 1 is 0.857 bits per heavy atom. The lowest BCUT2D eigenvalue weighted by Gasteiger charge is -2.08. The molecule has 0 spiro atoms. The van der Waals surface area contributed by atoms with Gasteiger partial charge < -0.3 is 20.1 Å². The largest absolute Gasteiger partial charge is 0.497 e. The summed E-state index contributed by atoms with van der Waals surface area (Å²) in [5.41, 5.74) is 1.56. The summed E-state index contributed by atoms with van der Waals surface area (Å²) in [6, 6.07) is 16.8. The summed E-state index contributed by atoms with van der Waals surface area (Å²) in [5, 5.41) is 13.7. The van der Waals surface area contributed by atoms with Crippen LogP contribution >= 0.6 is 0 Å². The topological polar surface area (TPSA) is 102 Å². The van der Waals surface area contributed by atoms with Crippen LogP contribution in [0, 0.1) is 0 Å². The van der Waals surface area contributed by atoms with Crippen LogP contribution in [0.4, 0.5) is 17.3 Å². The first-order valence-corrected chi connectivity index (χ1v) is 8.33. The third-order valence-electron chi connectivity index (χ3n) is 3.81. The molecule has 28 heavy (non-hydrogen) atoms. The Morgan fingerprint density at radius 2 is 1.57 bits per heavy atom. The lowest BCUT2D eigenvalue weighted by Crippen LogP contribution is -2.13. The van der Waals surface area contributed by atoms with Gasteiger partial charge in [-0.1, -0.05) is 6.07 Å². The maximum Gasteiger partial charge on any atom is 0.337 e. The normalized spacial score (nSPS) is 10.1. The highest BCUT2D eigenvalue weighted by Gasteiger charge is 2.09. The van der Waals surface area contributed by atoms with Crippen molar-refractivity contribution in [2.24, 2.45) is 0 Å². The van der Waals surface area contributed by atoms with Crippen LogP contribution in [0.2, 0.25) is 0 Å². The summed E-state index contributed by atoms with van der Waals surface area (Å²) in [4.78, 5) is 23.8. The lowest BCUT2D eigenvalue weighted by atomic mass is 10.2. The van der Waals surface area contributed by atoms with E-state index in [0.29, 0.717) is 34.2 Å². The van der Waals surface area contributed by atoms with Gasteiger partial charge in [0.2, 0.25) is 0 Å². The molecule has 142 valence electrons. The minimum absolute atomic E-state index is 0.302. The van der Waals surface area contributed by atoms with Crippen molar-refractivity contribution in [2.45, 2.75) is 0 Å². The molecule has 8 heteroatoms. The smallest absolute Gasteiger partial charge is 0.337 e. The monoisotopic (exact) mass is 378 g/mol. The van der Waals surface area contributed by atoms with Crippen LogP contribution in [0.5, 0.6) is 5.75 Å². The number of amides is 1. The quantitative estimate of drug-likeness (QED) is 0.635. The fourth-order valence-electron chi connectivity index (χ4n) is 2.39. The van der Waals surface area contributed by atoms with Gasteiger partial charge in [-0.3, -0.25) is 4.79 Å². The van der Waals surface area contributed by atoms with E-state index in [9.17, 15) is 9.59 Å². The molecule has 0 aliphatic heterocycles. The van der Waals surface area contributed by atoms with E-state index < -0.39 is 5.97 Å². The van der Waals surface area contributed by atoms with E-state index in [1.807, 2.05) is 0 Å². The number of anilines is 3. The first kappa shape index (κ1) is 18.8. The van der Waals surface area contributed by atoms with Crippen molar-refractivity contribution in [1.82, 2.24) is 10.2 Å². The predicted molar refractivity (Wildman–Crippen MR) is 104 cm³/mol. The number of methoxy groups -OCH3 is 2. The fourth-order valence-corrected chi connectivity index (χ4v) is 2.39. The molecule has 2 N–H and O–H groups in total. The number of nitrogens with zero attached hydrogens (tertiary/aromatic N) is 2. The van der Waals surface area contributed by atoms with Crippen LogP contribution in [0.3, 0.4) is 0 Å². The van der Waals surface area contributed by atoms with E-state index in [4.69, 9.17) is 9.47 Å². The molecule has 0 aliphatic rings. The van der Waals surface area contributed by atoms with E-state index in [0.717, 1.165) is 0 Å². The minimum Gasteiger partial charge on any atom is -0.497 e. The highest BCUT2D eigenvalue weighted by molar-refractivity contribution is 6.03. The van der Waals surface area contributed by atoms with Crippen LogP contribution in [-0.2, 0) is 4.74 Å². The molecule has 0 bridgehead atoms. The number of benzene rings is 2. The van der Waals surface area contributed by atoms with Gasteiger partial charge in [0.1, 0.15) is 5.75 Å². The molecule has 1 amide bonds. The van der Waals surface area contributed by atoms with Crippen molar-refractivity contribution in [3.05, 3.63) is 71.8 Å². The first-order chi connectivity index (χ1) is 13.6. The molecule has 0 aliphatic carbocycles. The van der Waals surface area contributed by atoms with Gasteiger partial charge in [0.05, 0.1) is 19.8 Å². The molecule has 0 unspecified atom stereocenters. The van der Waals surface area contributed by atoms with Crippen LogP contribution < -0.4 is 15.4 Å². The number of esters is 1. The predicted octanol–water partition coefficient (Wildman–Crippen LogP) is 3.27. The molecule has 0 saturated carbocycles. The molecule has 1 heterocycles. The Kier molecular flexibility index (Phi) is 5.81. The average Bonchev–Trinajstić information content (AvgIpc) is 2.74. The van der Waals surface area contributed by atoms with Gasteiger partial charge in [-0.25, -0.2) is 4.79 Å². The number of hydrogen-bond donors (Lipinski definition) is 2. The zero-order chi connectivity index (χ0) is 19.9. The first-order valence-electron chi connectivity index (χ1n) is 8.33. The summed E-state index contributed by atoms with van der Waals surface area (Å²) in [6.07, 6.45) is 0. The number of hydrogen-bond acceptors (Lipinski definition) is 7. The van der Waals surface area contributed by atoms with Crippen molar-refractivity contribution in [3.8, 4) is 5.75 Å². The van der Waals surface area contributed by atoms with Crippen LogP contribution in [0.15, 0.2) is 60.7 Å². The van der Waals surface area contributed by atoms with Crippen molar-refractivity contribution < 1.29 is 19.1 Å². The standard InChI is InChI=1S/C20H18N4O4/c1-27-16-8-6-13(7-9-16)19(25)22-18-11-10-17(23-24-18)21-15-5-3-4-14(12-15)20(26)28-2/h3-12H,1-2H3,(H,21,23)(H,22,24,25). The molecule has 3 aromatic rings. The molecular formula is C20H18N4O4. The lowest BCUT2D eigenvalue weighted by molar-refractivity contribution is 0.0600. The van der Waals surface area contributed by atoms with Gasteiger partial charge in [-0.2, -0.15) is 0 Å². The molecule has 1 aromatic heterocycles. The van der Waals surface area contributed by atoms with Crippen molar-refractivity contribution >= 4 is 29.2 Å². The van der Waals surface area contributed by atoms with Gasteiger partial charge in [0, 0.05) is 11.3 Å². The molecule has 0 saturated heterocycles. The third kappa shape index (κ3) is 4.61. The van der Waals surface area contributed by atoms with Gasteiger partial charge in [0.15, 0.2) is 11.6 Å². The molecule has 2 aromatic carbocycles. The molecule has 0 atom stereocenters. The van der Waals surface area contributed by atoms with Crippen molar-refractivity contribution in [1.29, 1.82) is 0 Å². The van der Waals surface area contributed by atoms with Crippen molar-refractivity contribution in [3.63, 3.8) is 0 Å². The van der Waals surface area contributed by atoms with Gasteiger partial charge in [-0.05, 0) is 54.6 Å². The molecular weight excluding hydrogens is 360 g/mol. The maximum absolute atomic E-state index is 12.2. The van der Waals surface area contributed by atoms with E-state index in [1.54, 1.807) is 67.8 Å². The zero-order valence-electron chi connectivity index (χ0n) is 15.3. The van der Waals surface area contributed by atoms with E-state index in [-0.39, 0.29) is 5.91 Å². The van der Waals surface area contributed by atoms with Gasteiger partial charge >= 0.3 is 5.97 Å². The molecule has 0 radical (unpaired) electrons. The Balaban J connectivity index is 1.64. The van der Waals surface area contributed by atoms with E-state index in [2.05, 4.69) is 20.8 Å². The molecule has 3 rings (SSSR count). The SMILES string of the molecule is COC(=O)c1cccc(Nc2ccc(NC(=O)c3ccc(OC)cc3)nn2)c1. The number of ether oxygens (including phenoxy) is 2. The van der Waals surface area contributed by atoms with Crippen LogP contribution in [0.25, 0.3) is 0 Å². The van der Waals surface area contributed by atoms with Crippen LogP contribution in [-0.4, -0.2) is 36.3 Å². The maximum atomic E-state index is 12.2. The van der Waals surface area contributed by atoms with Gasteiger partial charge in [0.25, 0.3) is 5.91 Å². The number of rotatable bonds is 6. The number of carbonyl (C=O) groups is 2. The Morgan fingerprint density at radius 3 is 2.21 bits per heavy atom. The van der Waals surface area contributed by atoms with E-state index in [1.165, 1.54) is 7.11 Å². The number of aromatic nitrogens is 2. The van der Waals surface area contributed by atoms with Crippen molar-refractivity contribution in [2.75, 3.05) is 24.9 Å². The highest BCUT2D eigenvalue weighted by atomic mass is 16.5. The average molecular weight is 378 g/mol. The second kappa shape index (κ2) is 8.63. The van der Waals surface area contributed by atoms with Crippen LogP contribution in [0.1, 0.15) is 20.7 Å². The second-order valence-corrected chi connectivity index (χ2v) is 5.68. The Bertz CT molecular complexity index is 972. The Labute approximate surface area is 161 Å². The number of nitrogens with one attached hydrogen (secondary N) is 2. The summed E-state index contributed by atoms with van der Waals surface area (Å²) >= 11 is 0. The highest BCUT2D eigenvalue weighted by Crippen LogP contribution is 2.17. The summed E-state index contributed by atoms with van der Waals surface area (Å²) < 4.78 is 9.77. The fraction of sp³-hybridized carbons (Fsp3) is 0.100. The molecule has 8 nitrogen and oxygen atoms in total. The molecule has 0 fully saturated rings. The Hall–Kier alpha value is -3.94. The second-order valence-electron chi connectivity index (χ2n) is 5.68. The van der Waals surface area contributed by atoms with E-state index >= 15 is 0 Å². The van der Waals surface area contributed by atoms with Gasteiger partial charge in [-0.15, -0.1) is 10.2 Å². The summed E-state index contributed by atoms with van der Waals surface area (Å²) in [7, 11) is 2.89. The zero-order valence-corrected chi connectivity index (χ0v) is 15.3. The third-order valence-corrected chi connectivity index (χ3v) is 3.81.